The Morgan fingerprint density at radius 2 is 1.93 bits per heavy atom. The standard InChI is InChI=1S/C19H12Cl2N4O2S/c1-10-6-12(25(26)27)3-4-13(10)14-8-22-19(28)24-9-17(23-18(14)24)11-2-5-15(20)16(21)7-11/h2-9,23H,1H3. The van der Waals surface area contributed by atoms with E-state index in [0.29, 0.717) is 14.8 Å². The van der Waals surface area contributed by atoms with Crippen molar-refractivity contribution >= 4 is 46.8 Å². The van der Waals surface area contributed by atoms with Crippen LogP contribution in [0, 0.1) is 21.8 Å². The van der Waals surface area contributed by atoms with Crippen molar-refractivity contribution in [2.45, 2.75) is 6.92 Å². The van der Waals surface area contributed by atoms with E-state index >= 15 is 0 Å². The van der Waals surface area contributed by atoms with Crippen molar-refractivity contribution in [3.05, 3.63) is 79.3 Å². The molecule has 0 saturated heterocycles. The minimum absolute atomic E-state index is 0.0426. The van der Waals surface area contributed by atoms with Crippen LogP contribution in [0.5, 0.6) is 0 Å². The first-order valence-electron chi connectivity index (χ1n) is 8.16. The molecule has 4 rings (SSSR count). The molecule has 2 aromatic carbocycles. The topological polar surface area (TPSA) is 76.2 Å². The lowest BCUT2D eigenvalue weighted by molar-refractivity contribution is -0.384. The maximum atomic E-state index is 11.0. The number of nitro groups is 1. The summed E-state index contributed by atoms with van der Waals surface area (Å²) in [5.74, 6) is 0. The molecule has 6 nitrogen and oxygen atoms in total. The fourth-order valence-corrected chi connectivity index (χ4v) is 3.57. The highest BCUT2D eigenvalue weighted by Crippen LogP contribution is 2.32. The molecule has 0 radical (unpaired) electrons. The molecule has 0 amide bonds. The van der Waals surface area contributed by atoms with Crippen LogP contribution in [-0.4, -0.2) is 19.3 Å². The van der Waals surface area contributed by atoms with Crippen LogP contribution < -0.4 is 0 Å². The number of nitro benzene ring substituents is 1. The van der Waals surface area contributed by atoms with Gasteiger partial charge < -0.3 is 4.98 Å². The molecule has 0 saturated carbocycles. The first-order chi connectivity index (χ1) is 13.3. The van der Waals surface area contributed by atoms with E-state index in [1.807, 2.05) is 19.2 Å². The van der Waals surface area contributed by atoms with Crippen LogP contribution in [0.4, 0.5) is 5.69 Å². The Kier molecular flexibility index (Phi) is 4.66. The third-order valence-electron chi connectivity index (χ3n) is 4.46. The Morgan fingerprint density at radius 1 is 1.14 bits per heavy atom. The SMILES string of the molecule is Cc1cc([N+](=O)[O-])ccc1-c1cnc(=S)n2cc(-c3ccc(Cl)c(Cl)c3)[nH]c12. The summed E-state index contributed by atoms with van der Waals surface area (Å²) in [5, 5.41) is 11.9. The monoisotopic (exact) mass is 430 g/mol. The average Bonchev–Trinajstić information content (AvgIpc) is 3.11. The largest absolute Gasteiger partial charge is 0.339 e. The van der Waals surface area contributed by atoms with Crippen molar-refractivity contribution < 1.29 is 4.92 Å². The van der Waals surface area contributed by atoms with Gasteiger partial charge in [-0.15, -0.1) is 0 Å². The molecule has 0 fully saturated rings. The molecule has 9 heteroatoms. The first kappa shape index (κ1) is 18.6. The molecule has 2 heterocycles. The molecular formula is C19H12Cl2N4O2S. The van der Waals surface area contributed by atoms with Crippen LogP contribution >= 0.6 is 35.4 Å². The van der Waals surface area contributed by atoms with E-state index in [1.54, 1.807) is 28.8 Å². The van der Waals surface area contributed by atoms with Gasteiger partial charge in [-0.05, 0) is 48.5 Å². The van der Waals surface area contributed by atoms with Crippen molar-refractivity contribution in [1.82, 2.24) is 14.4 Å². The summed E-state index contributed by atoms with van der Waals surface area (Å²) in [7, 11) is 0. The molecule has 0 spiro atoms. The predicted octanol–water partition coefficient (Wildman–Crippen LogP) is 6.25. The first-order valence-corrected chi connectivity index (χ1v) is 9.33. The van der Waals surface area contributed by atoms with Gasteiger partial charge in [0.15, 0.2) is 0 Å². The molecule has 0 unspecified atom stereocenters. The number of hydrogen-bond acceptors (Lipinski definition) is 4. The number of nitrogens with one attached hydrogen (secondary N) is 1. The molecule has 0 aliphatic heterocycles. The van der Waals surface area contributed by atoms with E-state index in [0.717, 1.165) is 33.6 Å². The number of aromatic amines is 1. The normalized spacial score (nSPS) is 11.1. The smallest absolute Gasteiger partial charge is 0.269 e. The lowest BCUT2D eigenvalue weighted by atomic mass is 10.0. The molecule has 28 heavy (non-hydrogen) atoms. The molecule has 0 aliphatic rings. The average molecular weight is 431 g/mol. The van der Waals surface area contributed by atoms with E-state index in [-0.39, 0.29) is 5.69 Å². The fraction of sp³-hybridized carbons (Fsp3) is 0.0526. The van der Waals surface area contributed by atoms with Gasteiger partial charge >= 0.3 is 0 Å². The lowest BCUT2D eigenvalue weighted by Gasteiger charge is -2.07. The van der Waals surface area contributed by atoms with E-state index in [4.69, 9.17) is 35.4 Å². The summed E-state index contributed by atoms with van der Waals surface area (Å²) in [6, 6.07) is 10.1. The Hall–Kier alpha value is -2.74. The third kappa shape index (κ3) is 3.17. The van der Waals surface area contributed by atoms with Crippen LogP contribution in [0.2, 0.25) is 10.0 Å². The number of H-pyrrole nitrogens is 1. The van der Waals surface area contributed by atoms with Crippen LogP contribution in [-0.2, 0) is 0 Å². The number of nitrogens with zero attached hydrogens (tertiary/aromatic N) is 3. The summed E-state index contributed by atoms with van der Waals surface area (Å²) < 4.78 is 2.16. The van der Waals surface area contributed by atoms with Crippen LogP contribution in [0.3, 0.4) is 0 Å². The van der Waals surface area contributed by atoms with Gasteiger partial charge in [-0.25, -0.2) is 4.98 Å². The van der Waals surface area contributed by atoms with E-state index < -0.39 is 4.92 Å². The minimum Gasteiger partial charge on any atom is -0.339 e. The number of halogens is 2. The molecule has 0 bridgehead atoms. The Morgan fingerprint density at radius 3 is 2.61 bits per heavy atom. The van der Waals surface area contributed by atoms with Crippen LogP contribution in [0.1, 0.15) is 5.56 Å². The highest BCUT2D eigenvalue weighted by Gasteiger charge is 2.15. The third-order valence-corrected chi connectivity index (χ3v) is 5.50. The van der Waals surface area contributed by atoms with Gasteiger partial charge in [0.2, 0.25) is 4.77 Å². The van der Waals surface area contributed by atoms with Crippen molar-refractivity contribution in [2.75, 3.05) is 0 Å². The number of fused-ring (bicyclic) bond motifs is 1. The zero-order valence-electron chi connectivity index (χ0n) is 14.4. The lowest BCUT2D eigenvalue weighted by Crippen LogP contribution is -1.95. The van der Waals surface area contributed by atoms with Gasteiger partial charge in [0.25, 0.3) is 5.69 Å². The van der Waals surface area contributed by atoms with Crippen molar-refractivity contribution in [3.63, 3.8) is 0 Å². The summed E-state index contributed by atoms with van der Waals surface area (Å²) >= 11 is 17.5. The van der Waals surface area contributed by atoms with Gasteiger partial charge in [0, 0.05) is 35.7 Å². The van der Waals surface area contributed by atoms with Crippen molar-refractivity contribution in [3.8, 4) is 22.4 Å². The second-order valence-corrected chi connectivity index (χ2v) is 7.41. The Bertz CT molecular complexity index is 1310. The van der Waals surface area contributed by atoms with Crippen molar-refractivity contribution in [1.29, 1.82) is 0 Å². The minimum atomic E-state index is -0.414. The molecule has 4 aromatic rings. The highest BCUT2D eigenvalue weighted by atomic mass is 35.5. The maximum Gasteiger partial charge on any atom is 0.269 e. The number of hydrogen-bond donors (Lipinski definition) is 1. The van der Waals surface area contributed by atoms with E-state index in [2.05, 4.69) is 9.97 Å². The number of rotatable bonds is 3. The Labute approximate surface area is 174 Å². The van der Waals surface area contributed by atoms with E-state index in [1.165, 1.54) is 12.1 Å². The summed E-state index contributed by atoms with van der Waals surface area (Å²) in [5.41, 5.74) is 4.79. The quantitative estimate of drug-likeness (QED) is 0.236. The number of imidazole rings is 1. The van der Waals surface area contributed by atoms with Crippen LogP contribution in [0.25, 0.3) is 28.0 Å². The maximum absolute atomic E-state index is 11.0. The predicted molar refractivity (Wildman–Crippen MR) is 113 cm³/mol. The molecule has 2 aromatic heterocycles. The summed E-state index contributed by atoms with van der Waals surface area (Å²) in [6.45, 7) is 1.82. The molecule has 1 N–H and O–H groups in total. The second-order valence-electron chi connectivity index (χ2n) is 6.23. The van der Waals surface area contributed by atoms with Crippen LogP contribution in [0.15, 0.2) is 48.8 Å². The summed E-state index contributed by atoms with van der Waals surface area (Å²) in [4.78, 5) is 18.3. The zero-order valence-corrected chi connectivity index (χ0v) is 16.8. The van der Waals surface area contributed by atoms with Gasteiger partial charge in [0.05, 0.1) is 20.7 Å². The van der Waals surface area contributed by atoms with E-state index in [9.17, 15) is 10.1 Å². The van der Waals surface area contributed by atoms with Gasteiger partial charge in [-0.1, -0.05) is 29.3 Å². The Balaban J connectivity index is 1.93. The second kappa shape index (κ2) is 7.01. The number of aryl methyl sites for hydroxylation is 1. The molecular weight excluding hydrogens is 419 g/mol. The number of aromatic nitrogens is 3. The van der Waals surface area contributed by atoms with Gasteiger partial charge in [0.1, 0.15) is 5.65 Å². The highest BCUT2D eigenvalue weighted by molar-refractivity contribution is 7.71. The van der Waals surface area contributed by atoms with Gasteiger partial charge in [-0.2, -0.15) is 0 Å². The van der Waals surface area contributed by atoms with Crippen molar-refractivity contribution in [2.24, 2.45) is 0 Å². The molecule has 140 valence electrons. The van der Waals surface area contributed by atoms with Gasteiger partial charge in [-0.3, -0.25) is 14.5 Å². The number of non-ortho nitro benzene ring substituents is 1. The molecule has 0 aliphatic carbocycles. The molecule has 0 atom stereocenters. The number of benzene rings is 2. The fourth-order valence-electron chi connectivity index (χ4n) is 3.08. The summed E-state index contributed by atoms with van der Waals surface area (Å²) in [6.07, 6.45) is 3.51. The zero-order chi connectivity index (χ0) is 20.0.